The molecular weight excluding hydrogens is 418 g/mol. The first-order valence-corrected chi connectivity index (χ1v) is 11.0. The molecule has 0 saturated carbocycles. The molecule has 1 fully saturated rings. The van der Waals surface area contributed by atoms with Gasteiger partial charge in [-0.15, -0.1) is 11.8 Å². The van der Waals surface area contributed by atoms with Gasteiger partial charge in [0.1, 0.15) is 5.37 Å². The van der Waals surface area contributed by atoms with E-state index < -0.39 is 0 Å². The number of halogens is 1. The van der Waals surface area contributed by atoms with Gasteiger partial charge in [0, 0.05) is 36.1 Å². The molecule has 2 heterocycles. The number of hydrogen-bond acceptors (Lipinski definition) is 4. The highest BCUT2D eigenvalue weighted by Crippen LogP contribution is 2.39. The quantitative estimate of drug-likeness (QED) is 0.619. The number of carbonyl (C=O) groups excluding carboxylic acids is 2. The van der Waals surface area contributed by atoms with Crippen molar-refractivity contribution in [2.75, 3.05) is 5.75 Å². The van der Waals surface area contributed by atoms with E-state index in [1.54, 1.807) is 36.3 Å². The van der Waals surface area contributed by atoms with Crippen molar-refractivity contribution in [1.82, 2.24) is 15.2 Å². The summed E-state index contributed by atoms with van der Waals surface area (Å²) in [5.74, 6) is 0.419. The van der Waals surface area contributed by atoms with Crippen LogP contribution in [0.25, 0.3) is 0 Å². The zero-order valence-corrected chi connectivity index (χ0v) is 17.7. The largest absolute Gasteiger partial charge is 0.348 e. The fourth-order valence-electron chi connectivity index (χ4n) is 3.27. The van der Waals surface area contributed by atoms with Gasteiger partial charge in [-0.2, -0.15) is 0 Å². The summed E-state index contributed by atoms with van der Waals surface area (Å²) in [6.07, 6.45) is 3.43. The molecule has 2 amide bonds. The van der Waals surface area contributed by atoms with E-state index in [1.807, 2.05) is 53.4 Å². The number of nitrogens with one attached hydrogen (secondary N) is 1. The van der Waals surface area contributed by atoms with Gasteiger partial charge in [0.25, 0.3) is 5.91 Å². The third-order valence-corrected chi connectivity index (χ3v) is 6.38. The van der Waals surface area contributed by atoms with Crippen molar-refractivity contribution in [3.8, 4) is 0 Å². The summed E-state index contributed by atoms with van der Waals surface area (Å²) in [7, 11) is 0. The zero-order chi connectivity index (χ0) is 20.9. The van der Waals surface area contributed by atoms with Crippen LogP contribution in [0.15, 0.2) is 73.1 Å². The molecule has 5 nitrogen and oxygen atoms in total. The topological polar surface area (TPSA) is 62.3 Å². The van der Waals surface area contributed by atoms with Gasteiger partial charge in [-0.1, -0.05) is 41.9 Å². The first kappa shape index (κ1) is 20.4. The summed E-state index contributed by atoms with van der Waals surface area (Å²) in [6, 6.07) is 18.7. The molecule has 1 N–H and O–H groups in total. The maximum absolute atomic E-state index is 12.4. The molecule has 1 aromatic heterocycles. The minimum atomic E-state index is -0.140. The number of thioether (sulfide) groups is 1. The van der Waals surface area contributed by atoms with E-state index in [1.165, 1.54) is 0 Å². The molecule has 3 aromatic rings. The van der Waals surface area contributed by atoms with Crippen molar-refractivity contribution >= 4 is 35.2 Å². The van der Waals surface area contributed by atoms with Crippen LogP contribution in [-0.2, 0) is 17.9 Å². The first-order valence-electron chi connectivity index (χ1n) is 9.53. The Hall–Kier alpha value is -2.83. The Kier molecular flexibility index (Phi) is 6.35. The van der Waals surface area contributed by atoms with E-state index in [0.29, 0.717) is 29.4 Å². The van der Waals surface area contributed by atoms with Crippen LogP contribution in [-0.4, -0.2) is 27.5 Å². The second-order valence-electron chi connectivity index (χ2n) is 6.98. The Bertz CT molecular complexity index is 1030. The molecule has 4 rings (SSSR count). The van der Waals surface area contributed by atoms with E-state index in [2.05, 4.69) is 10.3 Å². The molecule has 1 saturated heterocycles. The highest BCUT2D eigenvalue weighted by atomic mass is 35.5. The number of hydrogen-bond donors (Lipinski definition) is 1. The maximum atomic E-state index is 12.4. The van der Waals surface area contributed by atoms with E-state index in [-0.39, 0.29) is 17.2 Å². The monoisotopic (exact) mass is 437 g/mol. The average molecular weight is 438 g/mol. The summed E-state index contributed by atoms with van der Waals surface area (Å²) in [5, 5.41) is 3.50. The Labute approximate surface area is 184 Å². The number of amides is 2. The molecule has 1 atom stereocenters. The number of rotatable bonds is 6. The number of benzene rings is 2. The van der Waals surface area contributed by atoms with Crippen LogP contribution in [0.2, 0.25) is 5.02 Å². The van der Waals surface area contributed by atoms with Crippen LogP contribution < -0.4 is 5.32 Å². The van der Waals surface area contributed by atoms with Gasteiger partial charge in [0.05, 0.1) is 5.75 Å². The predicted octanol–water partition coefficient (Wildman–Crippen LogP) is 4.44. The van der Waals surface area contributed by atoms with E-state index in [4.69, 9.17) is 11.6 Å². The summed E-state index contributed by atoms with van der Waals surface area (Å²) >= 11 is 7.56. The zero-order valence-electron chi connectivity index (χ0n) is 16.1. The third kappa shape index (κ3) is 4.83. The smallest absolute Gasteiger partial charge is 0.251 e. The maximum Gasteiger partial charge on any atom is 0.251 e. The lowest BCUT2D eigenvalue weighted by Crippen LogP contribution is -2.27. The lowest BCUT2D eigenvalue weighted by atomic mass is 10.1. The molecule has 0 radical (unpaired) electrons. The molecule has 0 unspecified atom stereocenters. The molecule has 0 aliphatic carbocycles. The summed E-state index contributed by atoms with van der Waals surface area (Å²) in [6.45, 7) is 0.956. The van der Waals surface area contributed by atoms with Crippen molar-refractivity contribution in [2.45, 2.75) is 18.5 Å². The summed E-state index contributed by atoms with van der Waals surface area (Å²) in [4.78, 5) is 30.8. The normalized spacial score (nSPS) is 16.0. The SMILES string of the molecule is O=C(NCc1cccnc1)c1ccc([C@@H]2SCC(=O)N2Cc2ccc(Cl)cc2)cc1. The van der Waals surface area contributed by atoms with Gasteiger partial charge in [0.2, 0.25) is 5.91 Å². The number of nitrogens with zero attached hydrogens (tertiary/aromatic N) is 2. The van der Waals surface area contributed by atoms with Crippen molar-refractivity contribution < 1.29 is 9.59 Å². The average Bonchev–Trinajstić information content (AvgIpc) is 3.14. The fourth-order valence-corrected chi connectivity index (χ4v) is 4.59. The van der Waals surface area contributed by atoms with Gasteiger partial charge in [0.15, 0.2) is 0 Å². The van der Waals surface area contributed by atoms with Crippen molar-refractivity contribution in [2.24, 2.45) is 0 Å². The number of aromatic nitrogens is 1. The Morgan fingerprint density at radius 1 is 1.10 bits per heavy atom. The van der Waals surface area contributed by atoms with Crippen LogP contribution in [0.4, 0.5) is 0 Å². The number of carbonyl (C=O) groups is 2. The van der Waals surface area contributed by atoms with Gasteiger partial charge in [-0.25, -0.2) is 0 Å². The standard InChI is InChI=1S/C23H20ClN3O2S/c24-20-9-3-16(4-10-20)14-27-21(28)15-30-23(27)19-7-5-18(6-8-19)22(29)26-13-17-2-1-11-25-12-17/h1-12,23H,13-15H2,(H,26,29)/t23-/m0/s1. The minimum Gasteiger partial charge on any atom is -0.348 e. The first-order chi connectivity index (χ1) is 14.6. The van der Waals surface area contributed by atoms with E-state index in [9.17, 15) is 9.59 Å². The van der Waals surface area contributed by atoms with Crippen molar-refractivity contribution in [3.63, 3.8) is 0 Å². The highest BCUT2D eigenvalue weighted by molar-refractivity contribution is 8.00. The van der Waals surface area contributed by atoms with Crippen LogP contribution in [0.1, 0.15) is 32.4 Å². The molecule has 0 bridgehead atoms. The highest BCUT2D eigenvalue weighted by Gasteiger charge is 2.32. The minimum absolute atomic E-state index is 0.0688. The number of pyridine rings is 1. The Morgan fingerprint density at radius 3 is 2.57 bits per heavy atom. The third-order valence-electron chi connectivity index (χ3n) is 4.87. The van der Waals surface area contributed by atoms with E-state index in [0.717, 1.165) is 16.7 Å². The molecule has 2 aromatic carbocycles. The van der Waals surface area contributed by atoms with Gasteiger partial charge in [-0.3, -0.25) is 14.6 Å². The Morgan fingerprint density at radius 2 is 1.87 bits per heavy atom. The second-order valence-corrected chi connectivity index (χ2v) is 8.48. The molecule has 152 valence electrons. The van der Waals surface area contributed by atoms with Crippen LogP contribution in [0.5, 0.6) is 0 Å². The van der Waals surface area contributed by atoms with Crippen LogP contribution in [0.3, 0.4) is 0 Å². The molecule has 30 heavy (non-hydrogen) atoms. The molecule has 0 spiro atoms. The van der Waals surface area contributed by atoms with Crippen molar-refractivity contribution in [3.05, 3.63) is 100 Å². The predicted molar refractivity (Wildman–Crippen MR) is 119 cm³/mol. The van der Waals surface area contributed by atoms with Gasteiger partial charge < -0.3 is 10.2 Å². The lowest BCUT2D eigenvalue weighted by molar-refractivity contribution is -0.128. The van der Waals surface area contributed by atoms with Crippen LogP contribution in [0, 0.1) is 0 Å². The van der Waals surface area contributed by atoms with Crippen LogP contribution >= 0.6 is 23.4 Å². The Balaban J connectivity index is 1.42. The fraction of sp³-hybridized carbons (Fsp3) is 0.174. The van der Waals surface area contributed by atoms with Crippen molar-refractivity contribution in [1.29, 1.82) is 0 Å². The molecule has 7 heteroatoms. The second kappa shape index (κ2) is 9.32. The summed E-state index contributed by atoms with van der Waals surface area (Å²) in [5.41, 5.74) is 3.57. The van der Waals surface area contributed by atoms with E-state index >= 15 is 0 Å². The molecule has 1 aliphatic heterocycles. The summed E-state index contributed by atoms with van der Waals surface area (Å²) < 4.78 is 0. The lowest BCUT2D eigenvalue weighted by Gasteiger charge is -2.24. The van der Waals surface area contributed by atoms with Gasteiger partial charge in [-0.05, 0) is 47.0 Å². The molecular formula is C23H20ClN3O2S. The van der Waals surface area contributed by atoms with Gasteiger partial charge >= 0.3 is 0 Å². The molecule has 1 aliphatic rings.